The minimum atomic E-state index is -1.71. The molecule has 0 bridgehead atoms. The van der Waals surface area contributed by atoms with Gasteiger partial charge in [0.05, 0.1) is 12.7 Å². The van der Waals surface area contributed by atoms with E-state index < -0.39 is 8.32 Å². The fraction of sp³-hybridized carbons (Fsp3) is 0.857. The molecule has 1 saturated heterocycles. The molecular weight excluding hydrogens is 228 g/mol. The topological polar surface area (TPSA) is 18.5 Å². The first-order valence-electron chi connectivity index (χ1n) is 6.59. The highest BCUT2D eigenvalue weighted by Crippen LogP contribution is 2.39. The van der Waals surface area contributed by atoms with Gasteiger partial charge in [0.2, 0.25) is 0 Å². The van der Waals surface area contributed by atoms with Crippen LogP contribution in [0.1, 0.15) is 34.1 Å². The van der Waals surface area contributed by atoms with Crippen molar-refractivity contribution in [2.75, 3.05) is 6.61 Å². The SMILES string of the molecule is C=C[C@@H]1OCC(C)CC1O[Si](C)(C)C(C)(C)C. The summed E-state index contributed by atoms with van der Waals surface area (Å²) in [5.41, 5.74) is 0. The van der Waals surface area contributed by atoms with E-state index in [1.165, 1.54) is 0 Å². The Morgan fingerprint density at radius 1 is 1.35 bits per heavy atom. The van der Waals surface area contributed by atoms with Crippen LogP contribution in [0.5, 0.6) is 0 Å². The molecule has 1 rings (SSSR count). The fourth-order valence-electron chi connectivity index (χ4n) is 1.87. The second-order valence-electron chi connectivity index (χ2n) is 6.79. The molecule has 1 aliphatic heterocycles. The van der Waals surface area contributed by atoms with Crippen molar-refractivity contribution >= 4 is 8.32 Å². The van der Waals surface area contributed by atoms with Crippen LogP contribution in [-0.2, 0) is 9.16 Å². The van der Waals surface area contributed by atoms with Gasteiger partial charge in [-0.25, -0.2) is 0 Å². The van der Waals surface area contributed by atoms with E-state index >= 15 is 0 Å². The molecule has 0 aromatic carbocycles. The third-order valence-electron chi connectivity index (χ3n) is 4.06. The Hall–Kier alpha value is -0.123. The maximum atomic E-state index is 6.46. The quantitative estimate of drug-likeness (QED) is 0.561. The molecule has 0 aromatic rings. The zero-order chi connectivity index (χ0) is 13.3. The second-order valence-corrected chi connectivity index (χ2v) is 11.5. The Bertz CT molecular complexity index is 268. The van der Waals surface area contributed by atoms with E-state index in [9.17, 15) is 0 Å². The molecular formula is C14H28O2Si. The molecule has 2 unspecified atom stereocenters. The number of ether oxygens (including phenoxy) is 1. The molecule has 0 saturated carbocycles. The van der Waals surface area contributed by atoms with E-state index in [0.717, 1.165) is 13.0 Å². The first-order valence-corrected chi connectivity index (χ1v) is 9.50. The molecule has 3 heteroatoms. The summed E-state index contributed by atoms with van der Waals surface area (Å²) < 4.78 is 12.2. The summed E-state index contributed by atoms with van der Waals surface area (Å²) in [7, 11) is -1.71. The molecule has 1 fully saturated rings. The Morgan fingerprint density at radius 2 is 1.94 bits per heavy atom. The van der Waals surface area contributed by atoms with Crippen LogP contribution in [0.25, 0.3) is 0 Å². The van der Waals surface area contributed by atoms with Gasteiger partial charge < -0.3 is 9.16 Å². The van der Waals surface area contributed by atoms with E-state index in [4.69, 9.17) is 9.16 Å². The lowest BCUT2D eigenvalue weighted by Crippen LogP contribution is -2.49. The zero-order valence-electron chi connectivity index (χ0n) is 12.2. The molecule has 17 heavy (non-hydrogen) atoms. The number of rotatable bonds is 3. The average molecular weight is 256 g/mol. The van der Waals surface area contributed by atoms with E-state index in [0.29, 0.717) is 5.92 Å². The van der Waals surface area contributed by atoms with Gasteiger partial charge in [0.15, 0.2) is 8.32 Å². The highest BCUT2D eigenvalue weighted by Gasteiger charge is 2.41. The van der Waals surface area contributed by atoms with Crippen molar-refractivity contribution in [2.45, 2.75) is 64.5 Å². The zero-order valence-corrected chi connectivity index (χ0v) is 13.2. The summed E-state index contributed by atoms with van der Waals surface area (Å²) in [5.74, 6) is 0.584. The molecule has 2 nitrogen and oxygen atoms in total. The number of hydrogen-bond acceptors (Lipinski definition) is 2. The minimum absolute atomic E-state index is 0.0697. The maximum Gasteiger partial charge on any atom is 0.192 e. The molecule has 0 N–H and O–H groups in total. The predicted molar refractivity (Wildman–Crippen MR) is 75.8 cm³/mol. The van der Waals surface area contributed by atoms with Crippen molar-refractivity contribution in [3.8, 4) is 0 Å². The molecule has 3 atom stereocenters. The van der Waals surface area contributed by atoms with E-state index in [1.54, 1.807) is 0 Å². The first kappa shape index (κ1) is 14.9. The summed E-state index contributed by atoms with van der Waals surface area (Å²) in [6.07, 6.45) is 3.24. The first-order chi connectivity index (χ1) is 7.67. The third-order valence-corrected chi connectivity index (χ3v) is 8.56. The molecule has 0 aromatic heterocycles. The van der Waals surface area contributed by atoms with Crippen molar-refractivity contribution in [2.24, 2.45) is 5.92 Å². The summed E-state index contributed by atoms with van der Waals surface area (Å²) in [4.78, 5) is 0. The van der Waals surface area contributed by atoms with Crippen molar-refractivity contribution in [1.29, 1.82) is 0 Å². The molecule has 0 amide bonds. The van der Waals surface area contributed by atoms with Gasteiger partial charge in [-0.15, -0.1) is 6.58 Å². The lowest BCUT2D eigenvalue weighted by molar-refractivity contribution is -0.0651. The van der Waals surface area contributed by atoms with Crippen LogP contribution in [0.15, 0.2) is 12.7 Å². The average Bonchev–Trinajstić information content (AvgIpc) is 2.15. The second kappa shape index (κ2) is 5.25. The van der Waals surface area contributed by atoms with Gasteiger partial charge in [0.25, 0.3) is 0 Å². The van der Waals surface area contributed by atoms with Gasteiger partial charge in [0, 0.05) is 0 Å². The van der Waals surface area contributed by atoms with Gasteiger partial charge in [-0.3, -0.25) is 0 Å². The Balaban J connectivity index is 2.73. The smallest absolute Gasteiger partial charge is 0.192 e. The molecule has 0 aliphatic carbocycles. The molecule has 1 aliphatic rings. The Labute approximate surface area is 108 Å². The highest BCUT2D eigenvalue weighted by atomic mass is 28.4. The molecule has 0 radical (unpaired) electrons. The van der Waals surface area contributed by atoms with Gasteiger partial charge >= 0.3 is 0 Å². The largest absolute Gasteiger partial charge is 0.411 e. The van der Waals surface area contributed by atoms with Crippen molar-refractivity contribution in [3.63, 3.8) is 0 Å². The van der Waals surface area contributed by atoms with Crippen LogP contribution in [0, 0.1) is 5.92 Å². The van der Waals surface area contributed by atoms with Crippen LogP contribution in [0.4, 0.5) is 0 Å². The van der Waals surface area contributed by atoms with Gasteiger partial charge in [0.1, 0.15) is 6.10 Å². The third kappa shape index (κ3) is 3.67. The monoisotopic (exact) mass is 256 g/mol. The van der Waals surface area contributed by atoms with Gasteiger partial charge in [-0.2, -0.15) is 0 Å². The molecule has 1 heterocycles. The van der Waals surface area contributed by atoms with Crippen LogP contribution in [0.2, 0.25) is 18.1 Å². The molecule has 0 spiro atoms. The van der Waals surface area contributed by atoms with Crippen LogP contribution >= 0.6 is 0 Å². The summed E-state index contributed by atoms with van der Waals surface area (Å²) in [6, 6.07) is 0. The number of hydrogen-bond donors (Lipinski definition) is 0. The summed E-state index contributed by atoms with van der Waals surface area (Å²) >= 11 is 0. The van der Waals surface area contributed by atoms with Gasteiger partial charge in [-0.05, 0) is 30.5 Å². The Kier molecular flexibility index (Phi) is 4.61. The lowest BCUT2D eigenvalue weighted by Gasteiger charge is -2.43. The Morgan fingerprint density at radius 3 is 2.41 bits per heavy atom. The van der Waals surface area contributed by atoms with Gasteiger partial charge in [-0.1, -0.05) is 33.8 Å². The van der Waals surface area contributed by atoms with E-state index in [1.807, 2.05) is 6.08 Å². The van der Waals surface area contributed by atoms with Crippen molar-refractivity contribution in [3.05, 3.63) is 12.7 Å². The standard InChI is InChI=1S/C14H28O2Si/c1-8-12-13(9-11(2)10-15-12)16-17(6,7)14(3,4)5/h8,11-13H,1,9-10H2,2-7H3/t11?,12-,13?/m0/s1. The van der Waals surface area contributed by atoms with Crippen molar-refractivity contribution in [1.82, 2.24) is 0 Å². The fourth-order valence-corrected chi connectivity index (χ4v) is 3.21. The maximum absolute atomic E-state index is 6.46. The highest BCUT2D eigenvalue weighted by molar-refractivity contribution is 6.74. The van der Waals surface area contributed by atoms with Crippen LogP contribution in [0.3, 0.4) is 0 Å². The van der Waals surface area contributed by atoms with Crippen LogP contribution in [-0.4, -0.2) is 27.1 Å². The predicted octanol–water partition coefficient (Wildman–Crippen LogP) is 3.99. The molecule has 100 valence electrons. The van der Waals surface area contributed by atoms with Crippen molar-refractivity contribution < 1.29 is 9.16 Å². The summed E-state index contributed by atoms with van der Waals surface area (Å²) in [5, 5.41) is 0.249. The lowest BCUT2D eigenvalue weighted by atomic mass is 9.98. The summed E-state index contributed by atoms with van der Waals surface area (Å²) in [6.45, 7) is 18.3. The van der Waals surface area contributed by atoms with E-state index in [2.05, 4.69) is 47.4 Å². The van der Waals surface area contributed by atoms with Crippen LogP contribution < -0.4 is 0 Å². The van der Waals surface area contributed by atoms with E-state index in [-0.39, 0.29) is 17.2 Å². The normalized spacial score (nSPS) is 31.3. The minimum Gasteiger partial charge on any atom is -0.411 e.